The lowest BCUT2D eigenvalue weighted by Crippen LogP contribution is -2.46. The van der Waals surface area contributed by atoms with Crippen molar-refractivity contribution in [2.75, 3.05) is 6.79 Å². The Bertz CT molecular complexity index is 1190. The minimum Gasteiger partial charge on any atom is -0.480 e. The highest BCUT2D eigenvalue weighted by molar-refractivity contribution is 5.92. The van der Waals surface area contributed by atoms with Gasteiger partial charge in [0.2, 0.25) is 6.79 Å². The van der Waals surface area contributed by atoms with E-state index in [1.54, 1.807) is 0 Å². The van der Waals surface area contributed by atoms with Crippen molar-refractivity contribution in [3.63, 3.8) is 0 Å². The summed E-state index contributed by atoms with van der Waals surface area (Å²) in [7, 11) is 0. The van der Waals surface area contributed by atoms with E-state index in [0.29, 0.717) is 11.5 Å². The van der Waals surface area contributed by atoms with Crippen LogP contribution in [-0.2, 0) is 0 Å². The third-order valence-electron chi connectivity index (χ3n) is 5.63. The van der Waals surface area contributed by atoms with Crippen molar-refractivity contribution in [2.24, 2.45) is 0 Å². The lowest BCUT2D eigenvalue weighted by Gasteiger charge is -2.39. The number of para-hydroxylation sites is 1. The fraction of sp³-hybridized carbons (Fsp3) is 0.125. The van der Waals surface area contributed by atoms with E-state index in [-0.39, 0.29) is 25.0 Å². The maximum atomic E-state index is 12.6. The van der Waals surface area contributed by atoms with E-state index in [1.165, 1.54) is 0 Å². The smallest absolute Gasteiger partial charge is 0.320 e. The number of hydrogen-bond acceptors (Lipinski definition) is 4. The summed E-state index contributed by atoms with van der Waals surface area (Å²) in [6, 6.07) is 22.9. The van der Waals surface area contributed by atoms with Gasteiger partial charge < -0.3 is 24.8 Å². The number of amides is 2. The molecule has 2 atom stereocenters. The Balaban J connectivity index is 1.56. The second-order valence-electron chi connectivity index (χ2n) is 7.38. The van der Waals surface area contributed by atoms with E-state index < -0.39 is 0 Å². The molecule has 0 fully saturated rings. The number of nitrogens with one attached hydrogen (secondary N) is 2. The van der Waals surface area contributed by atoms with Crippen molar-refractivity contribution < 1.29 is 19.0 Å². The molecule has 148 valence electrons. The average Bonchev–Trinajstić information content (AvgIpc) is 3.26. The Morgan fingerprint density at radius 2 is 1.60 bits per heavy atom. The zero-order valence-corrected chi connectivity index (χ0v) is 15.9. The van der Waals surface area contributed by atoms with Crippen molar-refractivity contribution in [3.8, 4) is 17.2 Å². The molecule has 0 aromatic heterocycles. The van der Waals surface area contributed by atoms with E-state index >= 15 is 0 Å². The van der Waals surface area contributed by atoms with Gasteiger partial charge in [0, 0.05) is 11.1 Å². The average molecular weight is 398 g/mol. The molecule has 0 radical (unpaired) electrons. The van der Waals surface area contributed by atoms with E-state index in [2.05, 4.69) is 10.6 Å². The number of carbonyl (C=O) groups excluding carboxylic acids is 1. The van der Waals surface area contributed by atoms with Gasteiger partial charge >= 0.3 is 6.03 Å². The lowest BCUT2D eigenvalue weighted by molar-refractivity contribution is 0.174. The molecule has 6 heteroatoms. The fourth-order valence-electron chi connectivity index (χ4n) is 4.28. The van der Waals surface area contributed by atoms with Gasteiger partial charge in [0.25, 0.3) is 0 Å². The highest BCUT2D eigenvalue weighted by atomic mass is 16.7. The molecule has 0 bridgehead atoms. The highest BCUT2D eigenvalue weighted by Crippen LogP contribution is 2.48. The van der Waals surface area contributed by atoms with Crippen LogP contribution in [0.2, 0.25) is 0 Å². The molecule has 3 aromatic rings. The number of rotatable bonds is 2. The first-order chi connectivity index (χ1) is 14.8. The molecule has 0 aliphatic carbocycles. The molecule has 2 unspecified atom stereocenters. The second-order valence-corrected chi connectivity index (χ2v) is 7.38. The van der Waals surface area contributed by atoms with Gasteiger partial charge in [-0.2, -0.15) is 0 Å². The first-order valence-corrected chi connectivity index (χ1v) is 9.80. The SMILES string of the molecule is O=C1NC2=C(C(c3ccc4c(c3)OCO4)N1)C(c1ccccc1)Oc1ccccc12. The van der Waals surface area contributed by atoms with E-state index in [4.69, 9.17) is 14.2 Å². The third kappa shape index (κ3) is 2.61. The molecule has 3 aliphatic heterocycles. The Morgan fingerprint density at radius 1 is 0.800 bits per heavy atom. The minimum atomic E-state index is -0.373. The quantitative estimate of drug-likeness (QED) is 0.675. The van der Waals surface area contributed by atoms with Gasteiger partial charge in [-0.15, -0.1) is 0 Å². The van der Waals surface area contributed by atoms with Crippen LogP contribution in [0.15, 0.2) is 78.4 Å². The summed E-state index contributed by atoms with van der Waals surface area (Å²) in [5.41, 5.74) is 4.55. The molecule has 0 saturated heterocycles. The normalized spacial score (nSPS) is 21.1. The van der Waals surface area contributed by atoms with Gasteiger partial charge in [-0.3, -0.25) is 0 Å². The monoisotopic (exact) mass is 398 g/mol. The van der Waals surface area contributed by atoms with Crippen LogP contribution >= 0.6 is 0 Å². The van der Waals surface area contributed by atoms with Gasteiger partial charge in [-0.25, -0.2) is 4.79 Å². The van der Waals surface area contributed by atoms with Crippen LogP contribution in [0.25, 0.3) is 5.70 Å². The summed E-state index contributed by atoms with van der Waals surface area (Å²) in [6.07, 6.45) is -0.348. The summed E-state index contributed by atoms with van der Waals surface area (Å²) >= 11 is 0. The number of hydrogen-bond donors (Lipinski definition) is 2. The van der Waals surface area contributed by atoms with Gasteiger partial charge in [0.05, 0.1) is 11.7 Å². The van der Waals surface area contributed by atoms with E-state index in [1.807, 2.05) is 72.8 Å². The minimum absolute atomic E-state index is 0.203. The van der Waals surface area contributed by atoms with Crippen molar-refractivity contribution >= 4 is 11.7 Å². The lowest BCUT2D eigenvalue weighted by atomic mass is 9.84. The molecular weight excluding hydrogens is 380 g/mol. The Labute approximate surface area is 173 Å². The summed E-state index contributed by atoms with van der Waals surface area (Å²) in [5.74, 6) is 2.13. The standard InChI is InChI=1S/C24H18N2O4/c27-24-25-21(15-10-11-18-19(12-15)29-13-28-18)20-22(26-24)16-8-4-5-9-17(16)30-23(20)14-6-2-1-3-7-14/h1-12,21,23H,13H2,(H2,25,26,27). The molecule has 6 nitrogen and oxygen atoms in total. The van der Waals surface area contributed by atoms with Gasteiger partial charge in [-0.05, 0) is 35.4 Å². The number of fused-ring (bicyclic) bond motifs is 3. The Morgan fingerprint density at radius 3 is 2.50 bits per heavy atom. The van der Waals surface area contributed by atoms with Crippen molar-refractivity contribution in [3.05, 3.63) is 95.1 Å². The maximum absolute atomic E-state index is 12.6. The van der Waals surface area contributed by atoms with Crippen LogP contribution in [0.5, 0.6) is 17.2 Å². The van der Waals surface area contributed by atoms with Crippen LogP contribution in [-0.4, -0.2) is 12.8 Å². The molecule has 30 heavy (non-hydrogen) atoms. The predicted octanol–water partition coefficient (Wildman–Crippen LogP) is 4.31. The van der Waals surface area contributed by atoms with Gasteiger partial charge in [0.15, 0.2) is 11.5 Å². The third-order valence-corrected chi connectivity index (χ3v) is 5.63. The molecule has 2 amide bonds. The molecule has 3 heterocycles. The van der Waals surface area contributed by atoms with Gasteiger partial charge in [-0.1, -0.05) is 48.5 Å². The molecule has 0 spiro atoms. The first kappa shape index (κ1) is 17.0. The van der Waals surface area contributed by atoms with E-state index in [0.717, 1.165) is 33.7 Å². The molecule has 3 aliphatic rings. The maximum Gasteiger partial charge on any atom is 0.320 e. The zero-order chi connectivity index (χ0) is 20.1. The summed E-state index contributed by atoms with van der Waals surface area (Å²) < 4.78 is 17.5. The number of ether oxygens (including phenoxy) is 3. The van der Waals surface area contributed by atoms with Crippen LogP contribution in [0.3, 0.4) is 0 Å². The number of urea groups is 1. The predicted molar refractivity (Wildman–Crippen MR) is 110 cm³/mol. The topological polar surface area (TPSA) is 68.8 Å². The van der Waals surface area contributed by atoms with Crippen molar-refractivity contribution in [1.29, 1.82) is 0 Å². The Hall–Kier alpha value is -3.93. The summed E-state index contributed by atoms with van der Waals surface area (Å²) in [4.78, 5) is 12.6. The molecular formula is C24H18N2O4. The highest BCUT2D eigenvalue weighted by Gasteiger charge is 2.39. The fourth-order valence-corrected chi connectivity index (χ4v) is 4.28. The first-order valence-electron chi connectivity index (χ1n) is 9.80. The van der Waals surface area contributed by atoms with Crippen LogP contribution in [0.4, 0.5) is 4.79 Å². The number of carbonyl (C=O) groups is 1. The van der Waals surface area contributed by atoms with Crippen LogP contribution in [0.1, 0.15) is 28.8 Å². The number of benzene rings is 3. The van der Waals surface area contributed by atoms with Crippen molar-refractivity contribution in [2.45, 2.75) is 12.1 Å². The molecule has 3 aromatic carbocycles. The van der Waals surface area contributed by atoms with E-state index in [9.17, 15) is 4.79 Å². The van der Waals surface area contributed by atoms with Crippen molar-refractivity contribution in [1.82, 2.24) is 10.6 Å². The largest absolute Gasteiger partial charge is 0.480 e. The van der Waals surface area contributed by atoms with Gasteiger partial charge in [0.1, 0.15) is 11.9 Å². The summed E-state index contributed by atoms with van der Waals surface area (Å²) in [5, 5.41) is 6.09. The molecule has 0 saturated carbocycles. The van der Waals surface area contributed by atoms with Crippen LogP contribution in [0, 0.1) is 0 Å². The summed E-state index contributed by atoms with van der Waals surface area (Å²) in [6.45, 7) is 0.203. The molecule has 2 N–H and O–H groups in total. The molecule has 6 rings (SSSR count). The van der Waals surface area contributed by atoms with Crippen LogP contribution < -0.4 is 24.8 Å². The zero-order valence-electron chi connectivity index (χ0n) is 15.9. The second kappa shape index (κ2) is 6.56. The Kier molecular flexibility index (Phi) is 3.71.